The monoisotopic (exact) mass is 344 g/mol. The molecule has 0 spiro atoms. The summed E-state index contributed by atoms with van der Waals surface area (Å²) in [5, 5.41) is 8.84. The number of hydrogen-bond acceptors (Lipinski definition) is 2. The molecule has 0 amide bonds. The number of carbonyl (C=O) groups is 1. The lowest BCUT2D eigenvalue weighted by molar-refractivity contribution is 0.0696. The highest BCUT2D eigenvalue weighted by molar-refractivity contribution is 9.10. The molecular weight excluding hydrogens is 338 g/mol. The Kier molecular flexibility index (Phi) is 4.21. The lowest BCUT2D eigenvalue weighted by Crippen LogP contribution is -1.95. The normalized spacial score (nSPS) is 10.5. The van der Waals surface area contributed by atoms with Gasteiger partial charge in [0.05, 0.1) is 5.56 Å². The van der Waals surface area contributed by atoms with Crippen molar-refractivity contribution in [2.75, 3.05) is 0 Å². The van der Waals surface area contributed by atoms with Gasteiger partial charge in [0.1, 0.15) is 11.6 Å². The second kappa shape index (κ2) is 5.71. The third kappa shape index (κ3) is 3.33. The van der Waals surface area contributed by atoms with Crippen molar-refractivity contribution in [2.45, 2.75) is 9.79 Å². The molecule has 0 aromatic heterocycles. The summed E-state index contributed by atoms with van der Waals surface area (Å²) in [5.74, 6) is -2.33. The van der Waals surface area contributed by atoms with E-state index in [2.05, 4.69) is 15.9 Å². The maximum atomic E-state index is 13.5. The first-order valence-corrected chi connectivity index (χ1v) is 6.74. The quantitative estimate of drug-likeness (QED) is 0.885. The van der Waals surface area contributed by atoms with Crippen LogP contribution in [0.2, 0.25) is 0 Å². The van der Waals surface area contributed by atoms with Crippen LogP contribution in [0.4, 0.5) is 8.78 Å². The Morgan fingerprint density at radius 2 is 1.79 bits per heavy atom. The van der Waals surface area contributed by atoms with E-state index in [0.29, 0.717) is 9.37 Å². The van der Waals surface area contributed by atoms with E-state index in [1.807, 2.05) is 0 Å². The number of carboxylic acid groups (broad SMARTS) is 1. The van der Waals surface area contributed by atoms with Gasteiger partial charge in [-0.15, -0.1) is 0 Å². The van der Waals surface area contributed by atoms with Gasteiger partial charge < -0.3 is 5.11 Å². The Bertz CT molecular complexity index is 647. The van der Waals surface area contributed by atoms with E-state index in [-0.39, 0.29) is 10.5 Å². The van der Waals surface area contributed by atoms with E-state index >= 15 is 0 Å². The van der Waals surface area contributed by atoms with Gasteiger partial charge in [-0.3, -0.25) is 0 Å². The molecular formula is C13H7BrF2O2S. The van der Waals surface area contributed by atoms with Crippen molar-refractivity contribution in [3.8, 4) is 0 Å². The zero-order valence-corrected chi connectivity index (χ0v) is 11.8. The zero-order valence-electron chi connectivity index (χ0n) is 9.36. The minimum atomic E-state index is -1.04. The van der Waals surface area contributed by atoms with E-state index in [4.69, 9.17) is 5.11 Å². The maximum absolute atomic E-state index is 13.5. The summed E-state index contributed by atoms with van der Waals surface area (Å²) in [6.45, 7) is 0. The topological polar surface area (TPSA) is 37.3 Å². The van der Waals surface area contributed by atoms with Gasteiger partial charge >= 0.3 is 5.97 Å². The van der Waals surface area contributed by atoms with Gasteiger partial charge in [-0.25, -0.2) is 13.6 Å². The number of hydrogen-bond donors (Lipinski definition) is 1. The molecule has 0 saturated carbocycles. The molecule has 19 heavy (non-hydrogen) atoms. The molecule has 0 heterocycles. The summed E-state index contributed by atoms with van der Waals surface area (Å²) in [7, 11) is 0. The second-order valence-electron chi connectivity index (χ2n) is 3.63. The maximum Gasteiger partial charge on any atom is 0.335 e. The summed E-state index contributed by atoms with van der Waals surface area (Å²) in [6.07, 6.45) is 0. The fourth-order valence-corrected chi connectivity index (χ4v) is 2.84. The van der Waals surface area contributed by atoms with Crippen molar-refractivity contribution in [3.63, 3.8) is 0 Å². The third-order valence-corrected chi connectivity index (χ3v) is 4.34. The fraction of sp³-hybridized carbons (Fsp3) is 0. The summed E-state index contributed by atoms with van der Waals surface area (Å²) in [5.41, 5.74) is 0.135. The Morgan fingerprint density at radius 3 is 2.37 bits per heavy atom. The largest absolute Gasteiger partial charge is 0.478 e. The van der Waals surface area contributed by atoms with Gasteiger partial charge in [0.15, 0.2) is 0 Å². The van der Waals surface area contributed by atoms with Crippen molar-refractivity contribution < 1.29 is 18.7 Å². The third-order valence-electron chi connectivity index (χ3n) is 2.29. The van der Waals surface area contributed by atoms with E-state index in [1.165, 1.54) is 24.3 Å². The average molecular weight is 345 g/mol. The molecule has 2 aromatic rings. The van der Waals surface area contributed by atoms with Crippen LogP contribution in [0.3, 0.4) is 0 Å². The van der Waals surface area contributed by atoms with Gasteiger partial charge in [0.2, 0.25) is 0 Å². The van der Waals surface area contributed by atoms with Gasteiger partial charge in [0.25, 0.3) is 0 Å². The van der Waals surface area contributed by atoms with Crippen LogP contribution in [-0.4, -0.2) is 11.1 Å². The molecule has 0 atom stereocenters. The Morgan fingerprint density at radius 1 is 1.11 bits per heavy atom. The SMILES string of the molecule is O=C(O)c1ccc(Sc2ccc(F)cc2F)c(Br)c1. The zero-order chi connectivity index (χ0) is 14.0. The Hall–Kier alpha value is -1.40. The lowest BCUT2D eigenvalue weighted by Gasteiger charge is -2.06. The molecule has 2 nitrogen and oxygen atoms in total. The van der Waals surface area contributed by atoms with Gasteiger partial charge in [-0.1, -0.05) is 11.8 Å². The predicted octanol–water partition coefficient (Wildman–Crippen LogP) is 4.58. The summed E-state index contributed by atoms with van der Waals surface area (Å²) >= 11 is 4.32. The van der Waals surface area contributed by atoms with Crippen LogP contribution in [-0.2, 0) is 0 Å². The lowest BCUT2D eigenvalue weighted by atomic mass is 10.2. The number of aromatic carboxylic acids is 1. The Labute approximate surface area is 120 Å². The van der Waals surface area contributed by atoms with Crippen LogP contribution < -0.4 is 0 Å². The molecule has 2 aromatic carbocycles. The number of rotatable bonds is 3. The molecule has 0 aliphatic rings. The van der Waals surface area contributed by atoms with E-state index < -0.39 is 17.6 Å². The molecule has 0 radical (unpaired) electrons. The van der Waals surface area contributed by atoms with E-state index in [9.17, 15) is 13.6 Å². The molecule has 6 heteroatoms. The first kappa shape index (κ1) is 14.0. The van der Waals surface area contributed by atoms with Crippen LogP contribution in [0.5, 0.6) is 0 Å². The van der Waals surface area contributed by atoms with Gasteiger partial charge in [0, 0.05) is 20.3 Å². The molecule has 0 bridgehead atoms. The van der Waals surface area contributed by atoms with Crippen molar-refractivity contribution in [1.29, 1.82) is 0 Å². The number of halogens is 3. The first-order chi connectivity index (χ1) is 8.97. The predicted molar refractivity (Wildman–Crippen MR) is 71.6 cm³/mol. The van der Waals surface area contributed by atoms with Crippen LogP contribution in [0.1, 0.15) is 10.4 Å². The minimum Gasteiger partial charge on any atom is -0.478 e. The Balaban J connectivity index is 2.31. The molecule has 98 valence electrons. The first-order valence-electron chi connectivity index (χ1n) is 5.13. The van der Waals surface area contributed by atoms with Crippen molar-refractivity contribution in [2.24, 2.45) is 0 Å². The van der Waals surface area contributed by atoms with E-state index in [0.717, 1.165) is 17.8 Å². The summed E-state index contributed by atoms with van der Waals surface area (Å²) in [6, 6.07) is 7.75. The van der Waals surface area contributed by atoms with Gasteiger partial charge in [-0.2, -0.15) is 0 Å². The van der Waals surface area contributed by atoms with Crippen LogP contribution in [0, 0.1) is 11.6 Å². The highest BCUT2D eigenvalue weighted by atomic mass is 79.9. The van der Waals surface area contributed by atoms with Crippen LogP contribution in [0.15, 0.2) is 50.7 Å². The number of carboxylic acids is 1. The van der Waals surface area contributed by atoms with Crippen LogP contribution >= 0.6 is 27.7 Å². The van der Waals surface area contributed by atoms with Crippen LogP contribution in [0.25, 0.3) is 0 Å². The van der Waals surface area contributed by atoms with Gasteiger partial charge in [-0.05, 0) is 46.3 Å². The van der Waals surface area contributed by atoms with Crippen molar-refractivity contribution >= 4 is 33.7 Å². The molecule has 0 fully saturated rings. The molecule has 2 rings (SSSR count). The van der Waals surface area contributed by atoms with Crippen molar-refractivity contribution in [1.82, 2.24) is 0 Å². The molecule has 0 unspecified atom stereocenters. The molecule has 0 saturated heterocycles. The molecule has 0 aliphatic heterocycles. The summed E-state index contributed by atoms with van der Waals surface area (Å²) in [4.78, 5) is 11.7. The smallest absolute Gasteiger partial charge is 0.335 e. The summed E-state index contributed by atoms with van der Waals surface area (Å²) < 4.78 is 26.8. The highest BCUT2D eigenvalue weighted by Gasteiger charge is 2.10. The van der Waals surface area contributed by atoms with E-state index in [1.54, 1.807) is 6.07 Å². The highest BCUT2D eigenvalue weighted by Crippen LogP contribution is 2.35. The fourth-order valence-electron chi connectivity index (χ4n) is 1.39. The standard InChI is InChI=1S/C13H7BrF2O2S/c14-9-5-7(13(17)18)1-3-11(9)19-12-4-2-8(15)6-10(12)16/h1-6H,(H,17,18). The molecule has 1 N–H and O–H groups in total. The second-order valence-corrected chi connectivity index (χ2v) is 5.57. The molecule has 0 aliphatic carbocycles. The van der Waals surface area contributed by atoms with Crippen molar-refractivity contribution in [3.05, 3.63) is 58.1 Å². The average Bonchev–Trinajstić information content (AvgIpc) is 2.34. The number of benzene rings is 2. The minimum absolute atomic E-state index is 0.135.